The second kappa shape index (κ2) is 6.28. The van der Waals surface area contributed by atoms with Gasteiger partial charge in [0.1, 0.15) is 6.61 Å². The van der Waals surface area contributed by atoms with E-state index in [1.807, 2.05) is 9.80 Å². The van der Waals surface area contributed by atoms with Gasteiger partial charge in [0.05, 0.1) is 36.6 Å². The topological polar surface area (TPSA) is 133 Å². The Morgan fingerprint density at radius 2 is 2.00 bits per heavy atom. The first-order chi connectivity index (χ1) is 13.9. The van der Waals surface area contributed by atoms with Gasteiger partial charge in [0.25, 0.3) is 0 Å². The maximum absolute atomic E-state index is 13.7. The van der Waals surface area contributed by atoms with Gasteiger partial charge in [-0.3, -0.25) is 9.59 Å². The number of hydrogen-bond acceptors (Lipinski definition) is 9. The number of fused-ring (bicyclic) bond motifs is 4. The van der Waals surface area contributed by atoms with Crippen LogP contribution < -0.4 is 11.1 Å². The third kappa shape index (κ3) is 2.36. The highest BCUT2D eigenvalue weighted by atomic mass is 16.6. The number of piperazine rings is 1. The fraction of sp³-hybridized carbons (Fsp3) is 0.632. The number of methoxy groups -OCH3 is 1. The van der Waals surface area contributed by atoms with Crippen LogP contribution in [0.5, 0.6) is 0 Å². The maximum atomic E-state index is 13.7. The van der Waals surface area contributed by atoms with E-state index in [1.165, 1.54) is 0 Å². The van der Waals surface area contributed by atoms with Crippen molar-refractivity contribution in [3.05, 3.63) is 22.5 Å². The summed E-state index contributed by atoms with van der Waals surface area (Å²) in [5.41, 5.74) is 5.83. The lowest BCUT2D eigenvalue weighted by molar-refractivity contribution is -0.137. The lowest BCUT2D eigenvalue weighted by Crippen LogP contribution is -2.55. The number of primary amides is 1. The number of Topliss-reactive ketones (excluding diaryl/α,β-unsaturated/α-hetero) is 2. The van der Waals surface area contributed by atoms with Crippen molar-refractivity contribution < 1.29 is 28.6 Å². The number of carbonyl (C=O) groups excluding carboxylic acids is 3. The van der Waals surface area contributed by atoms with Crippen LogP contribution in [0.15, 0.2) is 22.5 Å². The SMILES string of the molecule is COC12[C@@H]3N[C@@H]3CN1C1=C(C(=O)C(N3CCOCC3)=C(C)C1=O)[C@@H]2COC(N)=O. The summed E-state index contributed by atoms with van der Waals surface area (Å²) >= 11 is 0. The van der Waals surface area contributed by atoms with Crippen molar-refractivity contribution in [3.8, 4) is 0 Å². The van der Waals surface area contributed by atoms with Gasteiger partial charge in [-0.15, -0.1) is 0 Å². The van der Waals surface area contributed by atoms with E-state index in [2.05, 4.69) is 5.32 Å². The third-order valence-electron chi connectivity index (χ3n) is 6.72. The van der Waals surface area contributed by atoms with E-state index in [4.69, 9.17) is 19.9 Å². The molecule has 3 fully saturated rings. The van der Waals surface area contributed by atoms with Crippen LogP contribution >= 0.6 is 0 Å². The van der Waals surface area contributed by atoms with Gasteiger partial charge in [-0.25, -0.2) is 4.79 Å². The highest BCUT2D eigenvalue weighted by molar-refractivity contribution is 6.25. The van der Waals surface area contributed by atoms with E-state index in [1.54, 1.807) is 14.0 Å². The molecule has 4 atom stereocenters. The van der Waals surface area contributed by atoms with E-state index in [-0.39, 0.29) is 30.3 Å². The molecule has 156 valence electrons. The Hall–Kier alpha value is -2.43. The molecule has 0 bridgehead atoms. The van der Waals surface area contributed by atoms with Crippen LogP contribution in [-0.2, 0) is 23.8 Å². The second-order valence-electron chi connectivity index (χ2n) is 7.99. The molecule has 29 heavy (non-hydrogen) atoms. The number of nitrogens with zero attached hydrogens (tertiary/aromatic N) is 2. The van der Waals surface area contributed by atoms with Gasteiger partial charge in [0.15, 0.2) is 5.72 Å². The quantitative estimate of drug-likeness (QED) is 0.434. The second-order valence-corrected chi connectivity index (χ2v) is 7.99. The molecule has 5 aliphatic rings. The summed E-state index contributed by atoms with van der Waals surface area (Å²) in [4.78, 5) is 42.3. The number of morpholine rings is 1. The monoisotopic (exact) mass is 404 g/mol. The largest absolute Gasteiger partial charge is 0.449 e. The number of nitrogens with one attached hydrogen (secondary N) is 1. The van der Waals surface area contributed by atoms with Crippen molar-refractivity contribution in [2.45, 2.75) is 24.7 Å². The minimum Gasteiger partial charge on any atom is -0.449 e. The smallest absolute Gasteiger partial charge is 0.404 e. The normalized spacial score (nSPS) is 35.7. The van der Waals surface area contributed by atoms with Crippen LogP contribution in [0.25, 0.3) is 0 Å². The van der Waals surface area contributed by atoms with Crippen molar-refractivity contribution in [3.63, 3.8) is 0 Å². The highest BCUT2D eigenvalue weighted by Crippen LogP contribution is 2.56. The van der Waals surface area contributed by atoms with Crippen molar-refractivity contribution >= 4 is 17.7 Å². The molecule has 0 saturated carbocycles. The molecule has 10 nitrogen and oxygen atoms in total. The van der Waals surface area contributed by atoms with Gasteiger partial charge < -0.3 is 35.1 Å². The van der Waals surface area contributed by atoms with Crippen molar-refractivity contribution in [1.29, 1.82) is 0 Å². The summed E-state index contributed by atoms with van der Waals surface area (Å²) in [7, 11) is 1.56. The molecule has 1 amide bonds. The average molecular weight is 404 g/mol. The zero-order valence-corrected chi connectivity index (χ0v) is 16.4. The first kappa shape index (κ1) is 18.6. The molecule has 4 aliphatic heterocycles. The average Bonchev–Trinajstić information content (AvgIpc) is 3.32. The molecular formula is C19H24N4O6. The molecule has 0 aromatic heterocycles. The van der Waals surface area contributed by atoms with Gasteiger partial charge in [0, 0.05) is 43.9 Å². The lowest BCUT2D eigenvalue weighted by Gasteiger charge is -2.39. The molecule has 3 saturated heterocycles. The summed E-state index contributed by atoms with van der Waals surface area (Å²) in [6, 6.07) is 0.125. The van der Waals surface area contributed by atoms with E-state index < -0.39 is 17.7 Å². The van der Waals surface area contributed by atoms with Gasteiger partial charge in [0.2, 0.25) is 11.6 Å². The Labute approximate surface area is 167 Å². The fourth-order valence-corrected chi connectivity index (χ4v) is 5.45. The summed E-state index contributed by atoms with van der Waals surface area (Å²) in [6.07, 6.45) is -0.926. The van der Waals surface area contributed by atoms with Gasteiger partial charge in [-0.05, 0) is 6.92 Å². The number of carbonyl (C=O) groups is 3. The van der Waals surface area contributed by atoms with Crippen molar-refractivity contribution in [2.24, 2.45) is 11.7 Å². The fourth-order valence-electron chi connectivity index (χ4n) is 5.45. The number of amides is 1. The number of hydrogen-bond donors (Lipinski definition) is 2. The lowest BCUT2D eigenvalue weighted by atomic mass is 9.82. The molecule has 4 heterocycles. The first-order valence-corrected chi connectivity index (χ1v) is 9.80. The Morgan fingerprint density at radius 3 is 2.66 bits per heavy atom. The van der Waals surface area contributed by atoms with Crippen LogP contribution in [0, 0.1) is 5.92 Å². The Bertz CT molecular complexity index is 876. The van der Waals surface area contributed by atoms with Crippen LogP contribution in [0.2, 0.25) is 0 Å². The van der Waals surface area contributed by atoms with E-state index in [9.17, 15) is 14.4 Å². The molecule has 10 heteroatoms. The maximum Gasteiger partial charge on any atom is 0.404 e. The standard InChI is InChI=1S/C19H24N4O6/c1-9-13(22-3-5-28-6-4-22)16(25)12-10(8-29-18(20)26)19(27-2)17-11(21-17)7-23(19)14(12)15(9)24/h10-11,17,21H,3-8H2,1-2H3,(H2,20,26)/t10-,11+,17+,19?/m0/s1. The third-order valence-corrected chi connectivity index (χ3v) is 6.72. The molecule has 1 unspecified atom stereocenters. The molecule has 0 spiro atoms. The number of ketones is 2. The van der Waals surface area contributed by atoms with Crippen LogP contribution in [0.4, 0.5) is 4.79 Å². The Morgan fingerprint density at radius 1 is 1.28 bits per heavy atom. The van der Waals surface area contributed by atoms with Crippen LogP contribution in [0.3, 0.4) is 0 Å². The number of ether oxygens (including phenoxy) is 3. The molecule has 3 N–H and O–H groups in total. The number of nitrogens with two attached hydrogens (primary N) is 1. The van der Waals surface area contributed by atoms with E-state index in [0.717, 1.165) is 0 Å². The molecule has 0 aromatic rings. The van der Waals surface area contributed by atoms with Gasteiger partial charge >= 0.3 is 6.09 Å². The number of rotatable bonds is 4. The minimum atomic E-state index is -0.948. The van der Waals surface area contributed by atoms with Gasteiger partial charge in [-0.1, -0.05) is 0 Å². The van der Waals surface area contributed by atoms with Crippen LogP contribution in [-0.4, -0.2) is 91.8 Å². The highest BCUT2D eigenvalue weighted by Gasteiger charge is 2.72. The Kier molecular flexibility index (Phi) is 4.03. The van der Waals surface area contributed by atoms with Crippen LogP contribution in [0.1, 0.15) is 6.92 Å². The van der Waals surface area contributed by atoms with E-state index >= 15 is 0 Å². The summed E-state index contributed by atoms with van der Waals surface area (Å²) in [5, 5.41) is 3.35. The van der Waals surface area contributed by atoms with Crippen molar-refractivity contribution in [2.75, 3.05) is 46.6 Å². The predicted molar refractivity (Wildman–Crippen MR) is 98.3 cm³/mol. The Balaban J connectivity index is 1.59. The van der Waals surface area contributed by atoms with Gasteiger partial charge in [-0.2, -0.15) is 0 Å². The predicted octanol–water partition coefficient (Wildman–Crippen LogP) is -1.28. The molecule has 0 aromatic carbocycles. The summed E-state index contributed by atoms with van der Waals surface area (Å²) in [5.74, 6) is -0.994. The minimum absolute atomic E-state index is 0.0488. The number of allylic oxidation sites excluding steroid dienone is 2. The summed E-state index contributed by atoms with van der Waals surface area (Å²) in [6.45, 7) is 4.22. The first-order valence-electron chi connectivity index (χ1n) is 9.80. The molecule has 1 aliphatic carbocycles. The van der Waals surface area contributed by atoms with E-state index in [0.29, 0.717) is 55.4 Å². The zero-order valence-electron chi connectivity index (χ0n) is 16.4. The van der Waals surface area contributed by atoms with Crippen molar-refractivity contribution in [1.82, 2.24) is 15.1 Å². The molecule has 5 rings (SSSR count). The zero-order chi connectivity index (χ0) is 20.5. The molecular weight excluding hydrogens is 380 g/mol. The summed E-state index contributed by atoms with van der Waals surface area (Å²) < 4.78 is 16.5. The molecule has 0 radical (unpaired) electrons.